The number of nitrogens with zero attached hydrogens (tertiary/aromatic N) is 2. The van der Waals surface area contributed by atoms with Gasteiger partial charge in [0.15, 0.2) is 5.16 Å². The molecule has 0 aliphatic rings. The molecule has 2 aromatic rings. The first-order chi connectivity index (χ1) is 9.84. The third-order valence-electron chi connectivity index (χ3n) is 3.31. The minimum absolute atomic E-state index is 0.0474. The fraction of sp³-hybridized carbons (Fsp3) is 0.438. The molecule has 0 aliphatic heterocycles. The van der Waals surface area contributed by atoms with Gasteiger partial charge in [-0.15, -0.1) is 0 Å². The van der Waals surface area contributed by atoms with Crippen LogP contribution in [-0.2, 0) is 11.3 Å². The minimum Gasteiger partial charge on any atom is -0.298 e. The largest absolute Gasteiger partial charge is 0.298 e. The van der Waals surface area contributed by atoms with Crippen molar-refractivity contribution in [3.05, 3.63) is 34.6 Å². The summed E-state index contributed by atoms with van der Waals surface area (Å²) in [5.74, 6) is 0.478. The number of Topliss-reactive ketones (excluding diaryl/α,β-unsaturated/α-hetero) is 1. The Bertz CT molecular complexity index is 729. The highest BCUT2D eigenvalue weighted by atomic mass is 32.2. The number of aromatic nitrogens is 2. The highest BCUT2D eigenvalue weighted by Gasteiger charge is 2.22. The van der Waals surface area contributed by atoms with E-state index in [9.17, 15) is 9.59 Å². The lowest BCUT2D eigenvalue weighted by Crippen LogP contribution is -2.25. The van der Waals surface area contributed by atoms with E-state index < -0.39 is 0 Å². The number of hydrogen-bond donors (Lipinski definition) is 0. The van der Waals surface area contributed by atoms with Gasteiger partial charge in [0.2, 0.25) is 0 Å². The van der Waals surface area contributed by atoms with Crippen molar-refractivity contribution >= 4 is 28.4 Å². The molecule has 2 rings (SSSR count). The first-order valence-electron chi connectivity index (χ1n) is 7.00. The highest BCUT2D eigenvalue weighted by Crippen LogP contribution is 2.22. The van der Waals surface area contributed by atoms with Gasteiger partial charge in [-0.1, -0.05) is 44.7 Å². The van der Waals surface area contributed by atoms with Crippen LogP contribution in [0.2, 0.25) is 0 Å². The third kappa shape index (κ3) is 3.35. The standard InChI is InChI=1S/C16H20N2O2S/c1-5-18-14(20)11-8-6-7-9-12(11)17-15(18)21-10-13(19)16(2,3)4/h6-9H,5,10H2,1-4H3. The van der Waals surface area contributed by atoms with E-state index in [0.717, 1.165) is 0 Å². The van der Waals surface area contributed by atoms with Crippen LogP contribution in [-0.4, -0.2) is 21.1 Å². The van der Waals surface area contributed by atoms with Gasteiger partial charge >= 0.3 is 0 Å². The molecule has 0 spiro atoms. The second-order valence-corrected chi connectivity index (χ2v) is 6.87. The molecule has 112 valence electrons. The Morgan fingerprint density at radius 2 is 1.95 bits per heavy atom. The maximum Gasteiger partial charge on any atom is 0.262 e. The van der Waals surface area contributed by atoms with E-state index in [4.69, 9.17) is 0 Å². The van der Waals surface area contributed by atoms with Crippen molar-refractivity contribution in [3.8, 4) is 0 Å². The Morgan fingerprint density at radius 3 is 2.57 bits per heavy atom. The SMILES string of the molecule is CCn1c(SCC(=O)C(C)(C)C)nc2ccccc2c1=O. The van der Waals surface area contributed by atoms with Crippen LogP contribution in [0.5, 0.6) is 0 Å². The molecule has 1 aromatic heterocycles. The summed E-state index contributed by atoms with van der Waals surface area (Å²) < 4.78 is 1.63. The fourth-order valence-electron chi connectivity index (χ4n) is 1.88. The van der Waals surface area contributed by atoms with Crippen molar-refractivity contribution in [2.24, 2.45) is 5.41 Å². The maximum absolute atomic E-state index is 12.4. The summed E-state index contributed by atoms with van der Waals surface area (Å²) in [5.41, 5.74) is 0.257. The first kappa shape index (κ1) is 15.8. The van der Waals surface area contributed by atoms with E-state index in [-0.39, 0.29) is 16.8 Å². The second-order valence-electron chi connectivity index (χ2n) is 5.92. The van der Waals surface area contributed by atoms with Crippen molar-refractivity contribution in [2.45, 2.75) is 39.4 Å². The molecule has 0 amide bonds. The quantitative estimate of drug-likeness (QED) is 0.643. The molecule has 0 radical (unpaired) electrons. The number of benzene rings is 1. The summed E-state index contributed by atoms with van der Waals surface area (Å²) in [6.07, 6.45) is 0. The molecule has 1 aromatic carbocycles. The van der Waals surface area contributed by atoms with E-state index in [1.54, 1.807) is 10.6 Å². The molecule has 0 saturated carbocycles. The Balaban J connectivity index is 2.40. The number of carbonyl (C=O) groups is 1. The van der Waals surface area contributed by atoms with Gasteiger partial charge in [0.05, 0.1) is 16.7 Å². The van der Waals surface area contributed by atoms with Crippen LogP contribution in [0.25, 0.3) is 10.9 Å². The summed E-state index contributed by atoms with van der Waals surface area (Å²) in [7, 11) is 0. The van der Waals surface area contributed by atoms with Gasteiger partial charge in [-0.2, -0.15) is 0 Å². The van der Waals surface area contributed by atoms with Crippen LogP contribution < -0.4 is 5.56 Å². The maximum atomic E-state index is 12.4. The Labute approximate surface area is 128 Å². The first-order valence-corrected chi connectivity index (χ1v) is 7.99. The van der Waals surface area contributed by atoms with E-state index >= 15 is 0 Å². The Morgan fingerprint density at radius 1 is 1.29 bits per heavy atom. The van der Waals surface area contributed by atoms with E-state index in [1.807, 2.05) is 45.9 Å². The zero-order chi connectivity index (χ0) is 15.6. The summed E-state index contributed by atoms with van der Waals surface area (Å²) in [6, 6.07) is 7.30. The molecule has 0 unspecified atom stereocenters. The number of para-hydroxylation sites is 1. The fourth-order valence-corrected chi connectivity index (χ4v) is 3.11. The summed E-state index contributed by atoms with van der Waals surface area (Å²) in [4.78, 5) is 29.0. The van der Waals surface area contributed by atoms with Crippen LogP contribution >= 0.6 is 11.8 Å². The zero-order valence-electron chi connectivity index (χ0n) is 12.8. The average molecular weight is 304 g/mol. The van der Waals surface area contributed by atoms with Gasteiger partial charge < -0.3 is 0 Å². The molecule has 0 bridgehead atoms. The molecule has 0 aliphatic carbocycles. The lowest BCUT2D eigenvalue weighted by Gasteiger charge is -2.17. The molecule has 0 fully saturated rings. The molecule has 5 heteroatoms. The number of fused-ring (bicyclic) bond motifs is 1. The Kier molecular flexibility index (Phi) is 4.52. The molecule has 21 heavy (non-hydrogen) atoms. The topological polar surface area (TPSA) is 52.0 Å². The predicted octanol–water partition coefficient (Wildman–Crippen LogP) is 3.12. The number of ketones is 1. The van der Waals surface area contributed by atoms with E-state index in [0.29, 0.717) is 28.4 Å². The van der Waals surface area contributed by atoms with Gasteiger partial charge in [-0.05, 0) is 19.1 Å². The van der Waals surface area contributed by atoms with Crippen LogP contribution in [0.15, 0.2) is 34.2 Å². The molecule has 0 saturated heterocycles. The average Bonchev–Trinajstić information content (AvgIpc) is 2.44. The van der Waals surface area contributed by atoms with Crippen LogP contribution in [0.3, 0.4) is 0 Å². The summed E-state index contributed by atoms with van der Waals surface area (Å²) in [5, 5.41) is 1.23. The summed E-state index contributed by atoms with van der Waals surface area (Å²) in [6.45, 7) is 8.15. The lowest BCUT2D eigenvalue weighted by molar-refractivity contribution is -0.123. The van der Waals surface area contributed by atoms with Crippen LogP contribution in [0.1, 0.15) is 27.7 Å². The van der Waals surface area contributed by atoms with Gasteiger partial charge in [0.1, 0.15) is 5.78 Å². The van der Waals surface area contributed by atoms with Gasteiger partial charge in [0.25, 0.3) is 5.56 Å². The molecule has 0 atom stereocenters. The highest BCUT2D eigenvalue weighted by molar-refractivity contribution is 7.99. The van der Waals surface area contributed by atoms with E-state index in [2.05, 4.69) is 4.98 Å². The van der Waals surface area contributed by atoms with Crippen molar-refractivity contribution in [1.82, 2.24) is 9.55 Å². The van der Waals surface area contributed by atoms with Gasteiger partial charge in [-0.25, -0.2) is 4.98 Å². The third-order valence-corrected chi connectivity index (χ3v) is 4.29. The zero-order valence-corrected chi connectivity index (χ0v) is 13.7. The lowest BCUT2D eigenvalue weighted by atomic mass is 9.92. The number of hydrogen-bond acceptors (Lipinski definition) is 4. The molecule has 4 nitrogen and oxygen atoms in total. The molecule has 1 heterocycles. The number of thioether (sulfide) groups is 1. The Hall–Kier alpha value is -1.62. The molecular weight excluding hydrogens is 284 g/mol. The molecular formula is C16H20N2O2S. The van der Waals surface area contributed by atoms with Crippen molar-refractivity contribution in [3.63, 3.8) is 0 Å². The van der Waals surface area contributed by atoms with Crippen molar-refractivity contribution in [1.29, 1.82) is 0 Å². The van der Waals surface area contributed by atoms with Crippen LogP contribution in [0.4, 0.5) is 0 Å². The normalized spacial score (nSPS) is 11.8. The smallest absolute Gasteiger partial charge is 0.262 e. The summed E-state index contributed by atoms with van der Waals surface area (Å²) >= 11 is 1.34. The van der Waals surface area contributed by atoms with Crippen molar-refractivity contribution in [2.75, 3.05) is 5.75 Å². The van der Waals surface area contributed by atoms with E-state index in [1.165, 1.54) is 11.8 Å². The number of rotatable bonds is 4. The van der Waals surface area contributed by atoms with Crippen LogP contribution in [0, 0.1) is 5.41 Å². The van der Waals surface area contributed by atoms with Crippen molar-refractivity contribution < 1.29 is 4.79 Å². The second kappa shape index (κ2) is 6.02. The monoisotopic (exact) mass is 304 g/mol. The van der Waals surface area contributed by atoms with Gasteiger partial charge in [0, 0.05) is 12.0 Å². The number of carbonyl (C=O) groups excluding carboxylic acids is 1. The predicted molar refractivity (Wildman–Crippen MR) is 86.9 cm³/mol. The molecule has 0 N–H and O–H groups in total. The minimum atomic E-state index is -0.374. The van der Waals surface area contributed by atoms with Gasteiger partial charge in [-0.3, -0.25) is 14.2 Å².